The molecule has 1 aromatic rings. The first-order valence-corrected chi connectivity index (χ1v) is 6.41. The third kappa shape index (κ3) is 4.14. The summed E-state index contributed by atoms with van der Waals surface area (Å²) in [5.41, 5.74) is -0.0945. The molecule has 8 nitrogen and oxygen atoms in total. The van der Waals surface area contributed by atoms with E-state index in [0.29, 0.717) is 13.0 Å². The van der Waals surface area contributed by atoms with E-state index < -0.39 is 17.2 Å². The molecule has 0 radical (unpaired) electrons. The standard InChI is InChI=1S/C13H15NO7/c15-6-5-9-7-19-8-12(9)21-13(16)20-11-3-1-10(2-4-11)14(17)18/h1-4,9,12,15H,5-8H2/t9-,12+/m1/s1. The van der Waals surface area contributed by atoms with Crippen molar-refractivity contribution in [3.05, 3.63) is 34.4 Å². The number of aliphatic hydroxyl groups excluding tert-OH is 1. The molecule has 1 N–H and O–H groups in total. The molecule has 1 heterocycles. The normalized spacial score (nSPS) is 21.0. The second-order valence-electron chi connectivity index (χ2n) is 4.57. The third-order valence-corrected chi connectivity index (χ3v) is 3.14. The SMILES string of the molecule is O=C(Oc1ccc([N+](=O)[O-])cc1)O[C@H]1COC[C@H]1CCO. The van der Waals surface area contributed by atoms with Gasteiger partial charge < -0.3 is 19.3 Å². The number of non-ortho nitro benzene ring substituents is 1. The maximum Gasteiger partial charge on any atom is 0.514 e. The Morgan fingerprint density at radius 2 is 2.10 bits per heavy atom. The fraction of sp³-hybridized carbons (Fsp3) is 0.462. The third-order valence-electron chi connectivity index (χ3n) is 3.14. The van der Waals surface area contributed by atoms with Gasteiger partial charge in [-0.25, -0.2) is 4.79 Å². The number of hydrogen-bond acceptors (Lipinski definition) is 7. The zero-order valence-electron chi connectivity index (χ0n) is 11.1. The summed E-state index contributed by atoms with van der Waals surface area (Å²) in [7, 11) is 0. The predicted molar refractivity (Wildman–Crippen MR) is 70.0 cm³/mol. The van der Waals surface area contributed by atoms with Gasteiger partial charge in [0.25, 0.3) is 5.69 Å². The Kier molecular flexibility index (Phi) is 5.07. The van der Waals surface area contributed by atoms with Crippen molar-refractivity contribution in [3.8, 4) is 5.75 Å². The van der Waals surface area contributed by atoms with Gasteiger partial charge in [0.2, 0.25) is 0 Å². The zero-order chi connectivity index (χ0) is 15.2. The molecule has 114 valence electrons. The van der Waals surface area contributed by atoms with E-state index in [4.69, 9.17) is 19.3 Å². The van der Waals surface area contributed by atoms with Crippen molar-refractivity contribution < 1.29 is 29.0 Å². The fourth-order valence-electron chi connectivity index (χ4n) is 2.02. The Morgan fingerprint density at radius 3 is 2.71 bits per heavy atom. The summed E-state index contributed by atoms with van der Waals surface area (Å²) in [6, 6.07) is 5.09. The highest BCUT2D eigenvalue weighted by molar-refractivity contribution is 5.64. The maximum atomic E-state index is 11.6. The number of aliphatic hydroxyl groups is 1. The van der Waals surface area contributed by atoms with Crippen LogP contribution in [0.5, 0.6) is 5.75 Å². The van der Waals surface area contributed by atoms with E-state index in [1.54, 1.807) is 0 Å². The first kappa shape index (κ1) is 15.2. The van der Waals surface area contributed by atoms with Crippen LogP contribution in [0.4, 0.5) is 10.5 Å². The fourth-order valence-corrected chi connectivity index (χ4v) is 2.02. The number of rotatable bonds is 5. The number of nitro groups is 1. The minimum atomic E-state index is -0.901. The molecule has 1 saturated heterocycles. The minimum absolute atomic E-state index is 0.00864. The molecule has 0 aromatic heterocycles. The van der Waals surface area contributed by atoms with E-state index in [-0.39, 0.29) is 30.6 Å². The van der Waals surface area contributed by atoms with Gasteiger partial charge in [-0.2, -0.15) is 0 Å². The molecule has 0 saturated carbocycles. The Bertz CT molecular complexity index is 502. The summed E-state index contributed by atoms with van der Waals surface area (Å²) in [4.78, 5) is 21.6. The molecule has 1 fully saturated rings. The Balaban J connectivity index is 1.88. The van der Waals surface area contributed by atoms with Crippen LogP contribution >= 0.6 is 0 Å². The van der Waals surface area contributed by atoms with E-state index >= 15 is 0 Å². The second-order valence-corrected chi connectivity index (χ2v) is 4.57. The first-order chi connectivity index (χ1) is 10.1. The molecule has 0 bridgehead atoms. The molecule has 0 amide bonds. The lowest BCUT2D eigenvalue weighted by Crippen LogP contribution is -2.28. The zero-order valence-corrected chi connectivity index (χ0v) is 11.1. The lowest BCUT2D eigenvalue weighted by Gasteiger charge is -2.16. The first-order valence-electron chi connectivity index (χ1n) is 6.41. The topological polar surface area (TPSA) is 108 Å². The number of benzene rings is 1. The van der Waals surface area contributed by atoms with Gasteiger partial charge in [-0.1, -0.05) is 0 Å². The van der Waals surface area contributed by atoms with Crippen LogP contribution in [0.3, 0.4) is 0 Å². The van der Waals surface area contributed by atoms with Gasteiger partial charge in [-0.3, -0.25) is 10.1 Å². The van der Waals surface area contributed by atoms with Crippen molar-refractivity contribution >= 4 is 11.8 Å². The molecule has 0 unspecified atom stereocenters. The van der Waals surface area contributed by atoms with E-state index in [0.717, 1.165) is 0 Å². The van der Waals surface area contributed by atoms with Crippen LogP contribution in [0.1, 0.15) is 6.42 Å². The molecular formula is C13H15NO7. The Labute approximate surface area is 120 Å². The van der Waals surface area contributed by atoms with Crippen LogP contribution in [0.15, 0.2) is 24.3 Å². The lowest BCUT2D eigenvalue weighted by atomic mass is 10.0. The maximum absolute atomic E-state index is 11.6. The van der Waals surface area contributed by atoms with Crippen molar-refractivity contribution in [2.45, 2.75) is 12.5 Å². The van der Waals surface area contributed by atoms with Crippen molar-refractivity contribution in [1.29, 1.82) is 0 Å². The van der Waals surface area contributed by atoms with Gasteiger partial charge in [-0.05, 0) is 18.6 Å². The smallest absolute Gasteiger partial charge is 0.428 e. The second kappa shape index (κ2) is 7.00. The van der Waals surface area contributed by atoms with Crippen LogP contribution in [0.2, 0.25) is 0 Å². The Hall–Kier alpha value is -2.19. The highest BCUT2D eigenvalue weighted by atomic mass is 16.7. The van der Waals surface area contributed by atoms with Crippen molar-refractivity contribution in [1.82, 2.24) is 0 Å². The molecule has 1 aliphatic rings. The Morgan fingerprint density at radius 1 is 1.38 bits per heavy atom. The summed E-state index contributed by atoms with van der Waals surface area (Å²) in [5, 5.41) is 19.4. The summed E-state index contributed by atoms with van der Waals surface area (Å²) in [6.07, 6.45) is -0.875. The molecular weight excluding hydrogens is 282 g/mol. The van der Waals surface area contributed by atoms with Crippen LogP contribution in [0.25, 0.3) is 0 Å². The average molecular weight is 297 g/mol. The summed E-state index contributed by atoms with van der Waals surface area (Å²) >= 11 is 0. The van der Waals surface area contributed by atoms with Gasteiger partial charge in [0, 0.05) is 24.7 Å². The van der Waals surface area contributed by atoms with Crippen molar-refractivity contribution in [2.75, 3.05) is 19.8 Å². The summed E-state index contributed by atoms with van der Waals surface area (Å²) in [5.74, 6) is 0.0997. The molecule has 1 aliphatic heterocycles. The summed E-state index contributed by atoms with van der Waals surface area (Å²) in [6.45, 7) is 0.682. The molecule has 0 aliphatic carbocycles. The molecule has 0 spiro atoms. The number of ether oxygens (including phenoxy) is 3. The number of carbonyl (C=O) groups excluding carboxylic acids is 1. The molecule has 2 rings (SSSR count). The van der Waals surface area contributed by atoms with E-state index in [1.807, 2.05) is 0 Å². The van der Waals surface area contributed by atoms with Crippen LogP contribution in [-0.4, -0.2) is 42.1 Å². The van der Waals surface area contributed by atoms with Crippen LogP contribution < -0.4 is 4.74 Å². The van der Waals surface area contributed by atoms with E-state index in [2.05, 4.69) is 0 Å². The van der Waals surface area contributed by atoms with Gasteiger partial charge in [-0.15, -0.1) is 0 Å². The predicted octanol–water partition coefficient (Wildman–Crippen LogP) is 1.51. The van der Waals surface area contributed by atoms with Crippen LogP contribution in [-0.2, 0) is 9.47 Å². The van der Waals surface area contributed by atoms with Gasteiger partial charge in [0.15, 0.2) is 0 Å². The average Bonchev–Trinajstić information content (AvgIpc) is 2.87. The lowest BCUT2D eigenvalue weighted by molar-refractivity contribution is -0.384. The number of nitro benzene ring substituents is 1. The largest absolute Gasteiger partial charge is 0.514 e. The van der Waals surface area contributed by atoms with Crippen molar-refractivity contribution in [2.24, 2.45) is 5.92 Å². The highest BCUT2D eigenvalue weighted by Gasteiger charge is 2.31. The van der Waals surface area contributed by atoms with Crippen LogP contribution in [0, 0.1) is 16.0 Å². The van der Waals surface area contributed by atoms with Gasteiger partial charge in [0.1, 0.15) is 11.9 Å². The monoisotopic (exact) mass is 297 g/mol. The van der Waals surface area contributed by atoms with Crippen molar-refractivity contribution in [3.63, 3.8) is 0 Å². The quantitative estimate of drug-likeness (QED) is 0.380. The molecule has 1 aromatic carbocycles. The number of hydrogen-bond donors (Lipinski definition) is 1. The number of carbonyl (C=O) groups is 1. The van der Waals surface area contributed by atoms with E-state index in [9.17, 15) is 14.9 Å². The van der Waals surface area contributed by atoms with Gasteiger partial charge >= 0.3 is 6.16 Å². The molecule has 8 heteroatoms. The van der Waals surface area contributed by atoms with E-state index in [1.165, 1.54) is 24.3 Å². The minimum Gasteiger partial charge on any atom is -0.428 e. The molecule has 2 atom stereocenters. The summed E-state index contributed by atoms with van der Waals surface area (Å²) < 4.78 is 15.3. The highest BCUT2D eigenvalue weighted by Crippen LogP contribution is 2.22. The molecule has 21 heavy (non-hydrogen) atoms. The number of nitrogens with zero attached hydrogens (tertiary/aromatic N) is 1. The van der Waals surface area contributed by atoms with Gasteiger partial charge in [0.05, 0.1) is 18.1 Å².